The van der Waals surface area contributed by atoms with E-state index in [0.29, 0.717) is 17.2 Å². The molecule has 0 bridgehead atoms. The topological polar surface area (TPSA) is 9.23 Å². The summed E-state index contributed by atoms with van der Waals surface area (Å²) in [4.78, 5) is 0. The minimum Gasteiger partial charge on any atom is -0.505 e. The first kappa shape index (κ1) is 11.1. The van der Waals surface area contributed by atoms with Crippen molar-refractivity contribution in [3.63, 3.8) is 0 Å². The average Bonchev–Trinajstić information content (AvgIpc) is 2.38. The van der Waals surface area contributed by atoms with Gasteiger partial charge >= 0.3 is 0 Å². The summed E-state index contributed by atoms with van der Waals surface area (Å²) in [6.07, 6.45) is 0.427. The smallest absolute Gasteiger partial charge is 0.135 e. The van der Waals surface area contributed by atoms with Gasteiger partial charge in [0.2, 0.25) is 0 Å². The van der Waals surface area contributed by atoms with E-state index in [1.54, 1.807) is 0 Å². The maximum Gasteiger partial charge on any atom is 0.135 e. The lowest BCUT2D eigenvalue weighted by atomic mass is 9.63. The SMILES string of the molecule is [B]C1([B])Cc2c(Cl)c(Br)cc(I)c2O1. The lowest BCUT2D eigenvalue weighted by molar-refractivity contribution is 0.273. The van der Waals surface area contributed by atoms with Crippen molar-refractivity contribution in [1.82, 2.24) is 0 Å². The van der Waals surface area contributed by atoms with Crippen molar-refractivity contribution in [2.75, 3.05) is 0 Å². The van der Waals surface area contributed by atoms with Gasteiger partial charge in [-0.1, -0.05) is 11.6 Å². The molecule has 0 unspecified atom stereocenters. The first-order chi connectivity index (χ1) is 6.41. The van der Waals surface area contributed by atoms with Gasteiger partial charge in [0.25, 0.3) is 0 Å². The van der Waals surface area contributed by atoms with Crippen LogP contribution in [0, 0.1) is 3.57 Å². The third kappa shape index (κ3) is 1.83. The zero-order valence-corrected chi connectivity index (χ0v) is 11.5. The Morgan fingerprint density at radius 1 is 1.57 bits per heavy atom. The van der Waals surface area contributed by atoms with Crippen LogP contribution in [0.15, 0.2) is 10.5 Å². The van der Waals surface area contributed by atoms with Gasteiger partial charge in [-0.15, -0.1) is 0 Å². The Hall–Kier alpha value is 0.650. The molecular formula is C8H3B2BrClIO. The molecular weight excluding hydrogens is 376 g/mol. The molecule has 1 aromatic carbocycles. The lowest BCUT2D eigenvalue weighted by Crippen LogP contribution is -2.35. The molecule has 1 aliphatic heterocycles. The number of fused-ring (bicyclic) bond motifs is 1. The van der Waals surface area contributed by atoms with E-state index in [0.717, 1.165) is 13.6 Å². The first-order valence-electron chi connectivity index (χ1n) is 3.84. The van der Waals surface area contributed by atoms with Crippen LogP contribution in [0.1, 0.15) is 5.56 Å². The van der Waals surface area contributed by atoms with Crippen molar-refractivity contribution in [1.29, 1.82) is 0 Å². The minimum absolute atomic E-state index is 0.427. The fraction of sp³-hybridized carbons (Fsp3) is 0.250. The molecule has 0 saturated carbocycles. The summed E-state index contributed by atoms with van der Waals surface area (Å²) in [6.45, 7) is 0. The maximum absolute atomic E-state index is 6.10. The second kappa shape index (κ2) is 3.59. The lowest BCUT2D eigenvalue weighted by Gasteiger charge is -2.18. The molecule has 0 spiro atoms. The van der Waals surface area contributed by atoms with Crippen LogP contribution in [0.5, 0.6) is 5.75 Å². The summed E-state index contributed by atoms with van der Waals surface area (Å²) < 4.78 is 7.19. The van der Waals surface area contributed by atoms with E-state index in [1.165, 1.54) is 0 Å². The maximum atomic E-state index is 6.10. The van der Waals surface area contributed by atoms with Crippen LogP contribution >= 0.6 is 50.1 Å². The second-order valence-electron chi connectivity index (χ2n) is 3.20. The molecule has 68 valence electrons. The van der Waals surface area contributed by atoms with Gasteiger partial charge in [0.1, 0.15) is 21.4 Å². The van der Waals surface area contributed by atoms with Crippen LogP contribution in [0.3, 0.4) is 0 Å². The first-order valence-corrected chi connectivity index (χ1v) is 6.09. The molecule has 0 aliphatic carbocycles. The number of halogens is 3. The van der Waals surface area contributed by atoms with Gasteiger partial charge in [-0.05, 0) is 51.0 Å². The molecule has 14 heavy (non-hydrogen) atoms. The highest BCUT2D eigenvalue weighted by Crippen LogP contribution is 2.43. The Kier molecular flexibility index (Phi) is 2.86. The van der Waals surface area contributed by atoms with Crippen LogP contribution in [-0.4, -0.2) is 21.1 Å². The normalized spacial score (nSPS) is 17.6. The van der Waals surface area contributed by atoms with Gasteiger partial charge in [-0.25, -0.2) is 0 Å². The number of hydrogen-bond donors (Lipinski definition) is 0. The Bertz CT molecular complexity index is 411. The Morgan fingerprint density at radius 2 is 2.21 bits per heavy atom. The molecule has 0 amide bonds. The summed E-state index contributed by atoms with van der Waals surface area (Å²) in [5.74, 6) is 0.698. The molecule has 0 saturated heterocycles. The van der Waals surface area contributed by atoms with Gasteiger partial charge in [-0.2, -0.15) is 0 Å². The zero-order chi connectivity index (χ0) is 10.5. The van der Waals surface area contributed by atoms with Crippen molar-refractivity contribution in [2.24, 2.45) is 0 Å². The fourth-order valence-corrected chi connectivity index (χ4v) is 3.25. The standard InChI is InChI=1S/C8H3B2BrClIO/c9-8(10)2-3-6(12)4(11)1-5(13)7(3)14-8/h1H,2H2. The zero-order valence-electron chi connectivity index (χ0n) is 6.98. The third-order valence-corrected chi connectivity index (χ3v) is 4.05. The minimum atomic E-state index is -1.13. The molecule has 4 radical (unpaired) electrons. The fourth-order valence-electron chi connectivity index (χ4n) is 1.40. The monoisotopic (exact) mass is 378 g/mol. The highest BCUT2D eigenvalue weighted by atomic mass is 127. The Balaban J connectivity index is 2.61. The summed E-state index contributed by atoms with van der Waals surface area (Å²) in [7, 11) is 11.4. The van der Waals surface area contributed by atoms with Crippen molar-refractivity contribution in [3.8, 4) is 5.75 Å². The largest absolute Gasteiger partial charge is 0.505 e. The third-order valence-electron chi connectivity index (χ3n) is 1.96. The number of rotatable bonds is 0. The predicted octanol–water partition coefficient (Wildman–Crippen LogP) is 2.63. The van der Waals surface area contributed by atoms with E-state index < -0.39 is 5.40 Å². The second-order valence-corrected chi connectivity index (χ2v) is 5.59. The van der Waals surface area contributed by atoms with Crippen molar-refractivity contribution >= 4 is 65.8 Å². The van der Waals surface area contributed by atoms with Gasteiger partial charge < -0.3 is 4.74 Å². The van der Waals surface area contributed by atoms with Gasteiger partial charge in [0.15, 0.2) is 0 Å². The van der Waals surface area contributed by atoms with E-state index in [4.69, 9.17) is 32.0 Å². The molecule has 0 atom stereocenters. The van der Waals surface area contributed by atoms with Crippen LogP contribution in [-0.2, 0) is 6.42 Å². The Morgan fingerprint density at radius 3 is 2.86 bits per heavy atom. The summed E-state index contributed by atoms with van der Waals surface area (Å²) in [5, 5.41) is -0.509. The number of ether oxygens (including phenoxy) is 1. The molecule has 0 aromatic heterocycles. The van der Waals surface area contributed by atoms with E-state index in [-0.39, 0.29) is 0 Å². The average molecular weight is 379 g/mol. The molecule has 0 fully saturated rings. The molecule has 1 nitrogen and oxygen atoms in total. The molecule has 6 heteroatoms. The molecule has 1 heterocycles. The van der Waals surface area contributed by atoms with Gasteiger partial charge in [0, 0.05) is 15.4 Å². The van der Waals surface area contributed by atoms with Crippen molar-refractivity contribution in [2.45, 2.75) is 11.8 Å². The number of hydrogen-bond acceptors (Lipinski definition) is 1. The van der Waals surface area contributed by atoms with E-state index in [2.05, 4.69) is 38.5 Å². The van der Waals surface area contributed by atoms with Crippen LogP contribution in [0.4, 0.5) is 0 Å². The molecule has 0 N–H and O–H groups in total. The molecule has 1 aromatic rings. The highest BCUT2D eigenvalue weighted by molar-refractivity contribution is 14.1. The van der Waals surface area contributed by atoms with E-state index in [9.17, 15) is 0 Å². The van der Waals surface area contributed by atoms with Crippen molar-refractivity contribution < 1.29 is 4.74 Å². The van der Waals surface area contributed by atoms with E-state index in [1.807, 2.05) is 6.07 Å². The molecule has 1 aliphatic rings. The highest BCUT2D eigenvalue weighted by Gasteiger charge is 2.33. The summed E-state index contributed by atoms with van der Waals surface area (Å²) in [6, 6.07) is 1.88. The summed E-state index contributed by atoms with van der Waals surface area (Å²) in [5.41, 5.74) is 0.871. The van der Waals surface area contributed by atoms with E-state index >= 15 is 0 Å². The Labute approximate surface area is 112 Å². The van der Waals surface area contributed by atoms with Crippen LogP contribution < -0.4 is 4.74 Å². The quantitative estimate of drug-likeness (QED) is 0.383. The summed E-state index contributed by atoms with van der Waals surface area (Å²) >= 11 is 11.6. The predicted molar refractivity (Wildman–Crippen MR) is 70.4 cm³/mol. The van der Waals surface area contributed by atoms with Crippen molar-refractivity contribution in [3.05, 3.63) is 24.7 Å². The van der Waals surface area contributed by atoms with Crippen LogP contribution in [0.25, 0.3) is 0 Å². The molecule has 2 rings (SSSR count). The number of benzene rings is 1. The van der Waals surface area contributed by atoms with Gasteiger partial charge in [0.05, 0.1) is 8.59 Å². The van der Waals surface area contributed by atoms with Gasteiger partial charge in [-0.3, -0.25) is 0 Å². The van der Waals surface area contributed by atoms with Crippen LogP contribution in [0.2, 0.25) is 5.02 Å².